The number of hydrogen-bond acceptors (Lipinski definition) is 0. The van der Waals surface area contributed by atoms with E-state index >= 15 is 0 Å². The third-order valence-electron chi connectivity index (χ3n) is 27.2. The van der Waals surface area contributed by atoms with Crippen molar-refractivity contribution in [3.63, 3.8) is 0 Å². The second-order valence-corrected chi connectivity index (χ2v) is 43.2. The molecular formula is C91H177F27. The molecule has 0 aromatic heterocycles. The van der Waals surface area contributed by atoms with E-state index < -0.39 is 136 Å². The zero-order chi connectivity index (χ0) is 99.9. The van der Waals surface area contributed by atoms with Crippen LogP contribution in [-0.2, 0) is 0 Å². The van der Waals surface area contributed by atoms with E-state index in [2.05, 4.69) is 90.0 Å². The maximum Gasteiger partial charge on any atom is 0.394 e. The van der Waals surface area contributed by atoms with Gasteiger partial charge in [0.2, 0.25) is 0 Å². The highest BCUT2D eigenvalue weighted by molar-refractivity contribution is 4.91. The monoisotopic (exact) mass is 1780 g/mol. The van der Waals surface area contributed by atoms with Gasteiger partial charge in [-0.15, -0.1) is 0 Å². The van der Waals surface area contributed by atoms with E-state index in [9.17, 15) is 119 Å². The van der Waals surface area contributed by atoms with Gasteiger partial charge in [-0.25, -0.2) is 0 Å². The molecule has 0 heterocycles. The van der Waals surface area contributed by atoms with E-state index in [1.54, 1.807) is 125 Å². The maximum atomic E-state index is 12.6. The summed E-state index contributed by atoms with van der Waals surface area (Å²) in [5.41, 5.74) is -6.63. The number of hydrogen-bond donors (Lipinski definition) is 0. The summed E-state index contributed by atoms with van der Waals surface area (Å²) >= 11 is 0. The van der Waals surface area contributed by atoms with Crippen molar-refractivity contribution < 1.29 is 119 Å². The van der Waals surface area contributed by atoms with Crippen molar-refractivity contribution in [1.29, 1.82) is 0 Å². The first kappa shape index (κ1) is 139. The molecule has 0 fully saturated rings. The molecule has 0 aliphatic rings. The highest BCUT2D eigenvalue weighted by Gasteiger charge is 2.57. The lowest BCUT2D eigenvalue weighted by Gasteiger charge is -2.42. The maximum absolute atomic E-state index is 12.6. The lowest BCUT2D eigenvalue weighted by molar-refractivity contribution is -0.244. The van der Waals surface area contributed by atoms with Crippen molar-refractivity contribution in [1.82, 2.24) is 0 Å². The summed E-state index contributed by atoms with van der Waals surface area (Å²) in [4.78, 5) is 0. The lowest BCUT2D eigenvalue weighted by Crippen LogP contribution is -2.43. The predicted molar refractivity (Wildman–Crippen MR) is 445 cm³/mol. The van der Waals surface area contributed by atoms with E-state index in [1.165, 1.54) is 69.2 Å². The molecule has 0 rings (SSSR count). The minimum atomic E-state index is -4.13. The Morgan fingerprint density at radius 1 is 0.246 bits per heavy atom. The van der Waals surface area contributed by atoms with Gasteiger partial charge in [0, 0.05) is 12.8 Å². The van der Waals surface area contributed by atoms with Crippen molar-refractivity contribution >= 4 is 0 Å². The molecule has 0 nitrogen and oxygen atoms in total. The van der Waals surface area contributed by atoms with Crippen LogP contribution in [0.2, 0.25) is 0 Å². The van der Waals surface area contributed by atoms with Crippen LogP contribution in [0.25, 0.3) is 0 Å². The Labute approximate surface area is 704 Å². The fourth-order valence-corrected chi connectivity index (χ4v) is 8.97. The first-order chi connectivity index (χ1) is 50.2. The summed E-state index contributed by atoms with van der Waals surface area (Å²) in [6, 6.07) is 0. The molecule has 4 unspecified atom stereocenters. The molecule has 0 spiro atoms. The van der Waals surface area contributed by atoms with E-state index in [0.717, 1.165) is 17.8 Å². The summed E-state index contributed by atoms with van der Waals surface area (Å²) < 4.78 is 327. The highest BCUT2D eigenvalue weighted by Crippen LogP contribution is 2.53. The van der Waals surface area contributed by atoms with E-state index in [4.69, 9.17) is 0 Å². The SMILES string of the molecule is CC(C)(C)C(C)(C)C(F)(F)F.CC(C)(C)C(C)(C)C(F)(F)F.CC(C)C(C)(C)C(C)(C)C.CC(C)C(C)(C)C(C)C(F)(F)F.CC(C)[C@@H](C)C(C)(C)C.CC(C)[C@@H](C)C(C)C(F)(F)F.CC(C)[C@@H](C)C(C)C(F)(F)F.CCC(C)(C)CC(F)(F)F.CCC(C)[C@@H](C)C(F)(F)F.CCC(CC)CC(F)(F)F.C[C@H](C(C)(C)C)C(C)(C)C(F)(F)F. The Bertz CT molecular complexity index is 2360. The quantitative estimate of drug-likeness (QED) is 0.135. The molecule has 27 heteroatoms. The van der Waals surface area contributed by atoms with Gasteiger partial charge in [0.1, 0.15) is 0 Å². The first-order valence-electron chi connectivity index (χ1n) is 41.8. The van der Waals surface area contributed by atoms with Crippen molar-refractivity contribution in [3.8, 4) is 0 Å². The van der Waals surface area contributed by atoms with Crippen LogP contribution in [0.15, 0.2) is 0 Å². The Morgan fingerprint density at radius 3 is 0.568 bits per heavy atom. The zero-order valence-electron chi connectivity index (χ0n) is 83.1. The summed E-state index contributed by atoms with van der Waals surface area (Å²) in [5.74, 6) is -3.64. The van der Waals surface area contributed by atoms with Gasteiger partial charge >= 0.3 is 55.6 Å². The smallest absolute Gasteiger partial charge is 0.171 e. The lowest BCUT2D eigenvalue weighted by atomic mass is 9.63. The molecule has 0 radical (unpaired) electrons. The standard InChI is InChI=1S/C10H19F3.C10H22.C9H17F3.C9H20.4C8H15F3.3C7H13F3/c1-7(8(2,3)4)9(5,6)10(11,12)13;1-8(2)10(6,7)9(3,4)5;1-6(2)8(4,5)7(3)9(10,11)12;1-7(2)8(3)9(4,5)6;2*1-6(2,3)7(4,5)8(9,10)11;2*1-5(2)6(3)7(4)8(9,10)11;1-4-6(2,3)5-7(8,9)10;1-4-5(2)6(3)7(8,9)10;1-3-6(4-2)5-7(8,9)10/h7H,1-6H3;8H,1-7H3;6-7H,1-5H3;7-8H,1-6H3;2*1-5H3;2*5-7H,1-4H3;4-5H2,1-3H3;5-6H,4H2,1-3H3;6H,3-5H2,1-2H3/t7-;;;8-;;;2*6-,7?;;5?,6-;/m1..1..11.1./s1. The van der Waals surface area contributed by atoms with Crippen LogP contribution in [-0.4, -0.2) is 55.6 Å². The molecule has 0 aliphatic heterocycles. The number of halogens is 27. The predicted octanol–water partition coefficient (Wildman–Crippen LogP) is 39.3. The molecule has 0 aromatic rings. The fraction of sp³-hybridized carbons (Fsp3) is 1.00. The van der Waals surface area contributed by atoms with Crippen LogP contribution in [0, 0.1) is 148 Å². The average Bonchev–Trinajstić information content (AvgIpc) is 0.798. The molecule has 0 amide bonds. The fourth-order valence-electron chi connectivity index (χ4n) is 8.97. The third-order valence-corrected chi connectivity index (χ3v) is 27.2. The van der Waals surface area contributed by atoms with Gasteiger partial charge in [-0.1, -0.05) is 372 Å². The Morgan fingerprint density at radius 2 is 0.517 bits per heavy atom. The van der Waals surface area contributed by atoms with E-state index in [-0.39, 0.29) is 46.8 Å². The van der Waals surface area contributed by atoms with Gasteiger partial charge < -0.3 is 0 Å². The highest BCUT2D eigenvalue weighted by atomic mass is 19.4. The van der Waals surface area contributed by atoms with Gasteiger partial charge in [0.25, 0.3) is 0 Å². The van der Waals surface area contributed by atoms with Crippen molar-refractivity contribution in [2.45, 2.75) is 440 Å². The molecule has 0 aromatic carbocycles. The van der Waals surface area contributed by atoms with Crippen LogP contribution in [0.4, 0.5) is 119 Å². The molecule has 730 valence electrons. The second-order valence-electron chi connectivity index (χ2n) is 43.2. The topological polar surface area (TPSA) is 0 Å². The molecule has 9 atom stereocenters. The third kappa shape index (κ3) is 59.9. The molecule has 0 saturated heterocycles. The normalized spacial score (nSPS) is 16.2. The minimum Gasteiger partial charge on any atom is -0.171 e. The van der Waals surface area contributed by atoms with Gasteiger partial charge in [0.05, 0.1) is 39.9 Å². The molecule has 0 aliphatic carbocycles. The zero-order valence-corrected chi connectivity index (χ0v) is 83.1. The first-order valence-corrected chi connectivity index (χ1v) is 41.8. The van der Waals surface area contributed by atoms with Crippen molar-refractivity contribution in [2.75, 3.05) is 0 Å². The molecule has 0 N–H and O–H groups in total. The number of rotatable bonds is 16. The van der Waals surface area contributed by atoms with Crippen LogP contribution < -0.4 is 0 Å². The summed E-state index contributed by atoms with van der Waals surface area (Å²) in [5, 5.41) is 0. The van der Waals surface area contributed by atoms with Gasteiger partial charge in [-0.2, -0.15) is 119 Å². The van der Waals surface area contributed by atoms with Crippen molar-refractivity contribution in [3.05, 3.63) is 0 Å². The molecule has 0 bridgehead atoms. The minimum absolute atomic E-state index is 0.0362. The van der Waals surface area contributed by atoms with E-state index in [1.807, 2.05) is 62.3 Å². The Kier molecular flexibility index (Phi) is 61.9. The van der Waals surface area contributed by atoms with Gasteiger partial charge in [-0.3, -0.25) is 0 Å². The van der Waals surface area contributed by atoms with Gasteiger partial charge in [-0.05, 0) is 108 Å². The van der Waals surface area contributed by atoms with Crippen LogP contribution in [0.1, 0.15) is 385 Å². The summed E-state index contributed by atoms with van der Waals surface area (Å²) in [6.45, 7) is 88.7. The van der Waals surface area contributed by atoms with Gasteiger partial charge in [0.15, 0.2) is 0 Å². The number of alkyl halides is 27. The van der Waals surface area contributed by atoms with Crippen molar-refractivity contribution in [2.24, 2.45) is 148 Å². The molecule has 0 saturated carbocycles. The Balaban J connectivity index is -0.000000119. The summed E-state index contributed by atoms with van der Waals surface area (Å²) in [6.07, 6.45) is -35.4. The Hall–Kier alpha value is -1.89. The molecular weight excluding hydrogens is 1610 g/mol. The molecule has 118 heavy (non-hydrogen) atoms. The average molecular weight is 1780 g/mol. The van der Waals surface area contributed by atoms with Crippen LogP contribution in [0.5, 0.6) is 0 Å². The van der Waals surface area contributed by atoms with E-state index in [0.29, 0.717) is 41.9 Å². The summed E-state index contributed by atoms with van der Waals surface area (Å²) in [7, 11) is 0. The second kappa shape index (κ2) is 52.4. The largest absolute Gasteiger partial charge is 0.394 e. The van der Waals surface area contributed by atoms with Crippen LogP contribution in [0.3, 0.4) is 0 Å². The van der Waals surface area contributed by atoms with Crippen LogP contribution >= 0.6 is 0 Å².